The first kappa shape index (κ1) is 32.5. The zero-order valence-corrected chi connectivity index (χ0v) is 26.8. The minimum Gasteiger partial charge on any atom is -0.506 e. The summed E-state index contributed by atoms with van der Waals surface area (Å²) in [6, 6.07) is 27.7. The SMILES string of the molecule is Cc1ccc(N(c2cc(Oc3ccccn3)[c-]c(Oc3[c-]c(-n4cccn4)c(F)c(F)c3F)c2)c2ccc(C)cc2C)c(C)c1.[Pd+2]. The number of nitrogens with zero attached hydrogens (tertiary/aromatic N) is 4. The third-order valence-electron chi connectivity index (χ3n) is 7.07. The van der Waals surface area contributed by atoms with Crippen LogP contribution in [0.4, 0.5) is 30.2 Å². The van der Waals surface area contributed by atoms with Gasteiger partial charge < -0.3 is 14.4 Å². The van der Waals surface area contributed by atoms with Crippen molar-refractivity contribution in [3.63, 3.8) is 0 Å². The Morgan fingerprint density at radius 1 is 0.696 bits per heavy atom. The van der Waals surface area contributed by atoms with Gasteiger partial charge in [-0.2, -0.15) is 5.10 Å². The fraction of sp³-hybridized carbons (Fsp3) is 0.111. The zero-order valence-electron chi connectivity index (χ0n) is 25.2. The first-order chi connectivity index (χ1) is 21.7. The van der Waals surface area contributed by atoms with Crippen LogP contribution < -0.4 is 14.4 Å². The Bertz CT molecular complexity index is 1950. The molecule has 6 nitrogen and oxygen atoms in total. The summed E-state index contributed by atoms with van der Waals surface area (Å²) in [5.41, 5.74) is 6.08. The maximum absolute atomic E-state index is 15.1. The van der Waals surface area contributed by atoms with Gasteiger partial charge in [0.2, 0.25) is 5.88 Å². The van der Waals surface area contributed by atoms with E-state index in [-0.39, 0.29) is 37.8 Å². The number of aryl methyl sites for hydroxylation is 4. The van der Waals surface area contributed by atoms with Crippen LogP contribution in [0.25, 0.3) is 5.69 Å². The molecule has 6 rings (SSSR count). The Morgan fingerprint density at radius 3 is 1.91 bits per heavy atom. The van der Waals surface area contributed by atoms with Crippen LogP contribution in [0.15, 0.2) is 91.4 Å². The van der Waals surface area contributed by atoms with Crippen LogP contribution in [0.3, 0.4) is 0 Å². The second kappa shape index (κ2) is 13.6. The smallest absolute Gasteiger partial charge is 0.506 e. The summed E-state index contributed by atoms with van der Waals surface area (Å²) in [5, 5.41) is 3.92. The molecule has 2 heterocycles. The van der Waals surface area contributed by atoms with Gasteiger partial charge in [-0.3, -0.25) is 13.5 Å². The summed E-state index contributed by atoms with van der Waals surface area (Å²) in [4.78, 5) is 6.26. The van der Waals surface area contributed by atoms with Crippen molar-refractivity contribution < 1.29 is 43.1 Å². The molecule has 0 aliphatic carbocycles. The van der Waals surface area contributed by atoms with E-state index in [1.807, 2.05) is 56.9 Å². The number of anilines is 3. The molecule has 2 aromatic heterocycles. The van der Waals surface area contributed by atoms with Gasteiger partial charge in [0.15, 0.2) is 0 Å². The summed E-state index contributed by atoms with van der Waals surface area (Å²) in [6.45, 7) is 8.06. The standard InChI is InChI=1S/C36H27F3N4O2.Pd/c1-22-9-11-29(24(3)16-22)43(30-12-10-23(2)17-25(30)4)26-18-27(20-28(19-26)45-33-8-5-6-13-40-33)44-32-21-31(42-15-7-14-41-42)34(37)36(39)35(32)38;/h5-19H,1-4H3;/q-2;+2. The van der Waals surface area contributed by atoms with Crippen molar-refractivity contribution in [3.8, 4) is 28.8 Å². The van der Waals surface area contributed by atoms with E-state index in [0.717, 1.165) is 38.3 Å². The number of ether oxygens (including phenoxy) is 2. The van der Waals surface area contributed by atoms with Crippen LogP contribution >= 0.6 is 0 Å². The van der Waals surface area contributed by atoms with Crippen LogP contribution in [0, 0.1) is 57.3 Å². The van der Waals surface area contributed by atoms with Gasteiger partial charge in [0.25, 0.3) is 0 Å². The molecule has 234 valence electrons. The molecule has 4 aromatic carbocycles. The Labute approximate surface area is 278 Å². The minimum atomic E-state index is -1.72. The number of hydrogen-bond donors (Lipinski definition) is 0. The van der Waals surface area contributed by atoms with E-state index >= 15 is 4.39 Å². The van der Waals surface area contributed by atoms with Gasteiger partial charge in [0.1, 0.15) is 0 Å². The van der Waals surface area contributed by atoms with Gasteiger partial charge in [-0.25, -0.2) is 9.37 Å². The van der Waals surface area contributed by atoms with Crippen molar-refractivity contribution in [2.75, 3.05) is 4.90 Å². The number of aromatic nitrogens is 3. The van der Waals surface area contributed by atoms with Crippen LogP contribution in [0.5, 0.6) is 23.1 Å². The molecule has 0 saturated heterocycles. The fourth-order valence-corrected chi connectivity index (χ4v) is 5.04. The van der Waals surface area contributed by atoms with Crippen LogP contribution in [0.1, 0.15) is 22.3 Å². The molecule has 0 radical (unpaired) electrons. The van der Waals surface area contributed by atoms with E-state index in [9.17, 15) is 8.78 Å². The predicted octanol–water partition coefficient (Wildman–Crippen LogP) is 9.57. The van der Waals surface area contributed by atoms with Gasteiger partial charge in [-0.1, -0.05) is 53.2 Å². The monoisotopic (exact) mass is 710 g/mol. The quantitative estimate of drug-likeness (QED) is 0.0895. The molecule has 0 bridgehead atoms. The van der Waals surface area contributed by atoms with E-state index in [1.54, 1.807) is 36.5 Å². The van der Waals surface area contributed by atoms with E-state index in [2.05, 4.69) is 34.3 Å². The Balaban J connectivity index is 0.00000417. The van der Waals surface area contributed by atoms with Gasteiger partial charge in [0.05, 0.1) is 23.2 Å². The fourth-order valence-electron chi connectivity index (χ4n) is 5.04. The van der Waals surface area contributed by atoms with Crippen molar-refractivity contribution in [1.29, 1.82) is 0 Å². The topological polar surface area (TPSA) is 52.4 Å². The summed E-state index contributed by atoms with van der Waals surface area (Å²) >= 11 is 0. The molecule has 0 spiro atoms. The Kier molecular flexibility index (Phi) is 9.61. The molecule has 0 atom stereocenters. The van der Waals surface area contributed by atoms with Crippen LogP contribution in [-0.4, -0.2) is 14.8 Å². The van der Waals surface area contributed by atoms with E-state index in [4.69, 9.17) is 9.47 Å². The Morgan fingerprint density at radius 2 is 1.35 bits per heavy atom. The summed E-state index contributed by atoms with van der Waals surface area (Å²) in [5.74, 6) is -4.95. The third kappa shape index (κ3) is 6.69. The molecule has 10 heteroatoms. The number of benzene rings is 4. The third-order valence-corrected chi connectivity index (χ3v) is 7.07. The van der Waals surface area contributed by atoms with Crippen molar-refractivity contribution in [2.24, 2.45) is 0 Å². The van der Waals surface area contributed by atoms with Gasteiger partial charge in [0, 0.05) is 47.5 Å². The molecule has 0 fully saturated rings. The van der Waals surface area contributed by atoms with Gasteiger partial charge in [-0.05, 0) is 68.8 Å². The maximum atomic E-state index is 15.1. The second-order valence-electron chi connectivity index (χ2n) is 10.5. The summed E-state index contributed by atoms with van der Waals surface area (Å²) in [6.07, 6.45) is 4.34. The predicted molar refractivity (Wildman–Crippen MR) is 166 cm³/mol. The van der Waals surface area contributed by atoms with Crippen LogP contribution in [0.2, 0.25) is 0 Å². The normalized spacial score (nSPS) is 10.8. The number of rotatable bonds is 8. The molecular formula is C36H27F3N4O2Pd. The summed E-state index contributed by atoms with van der Waals surface area (Å²) < 4.78 is 57.6. The van der Waals surface area contributed by atoms with Crippen molar-refractivity contribution in [3.05, 3.63) is 143 Å². The molecule has 0 saturated carbocycles. The molecule has 0 N–H and O–H groups in total. The zero-order chi connectivity index (χ0) is 31.7. The average molecular weight is 711 g/mol. The molecule has 0 amide bonds. The second-order valence-corrected chi connectivity index (χ2v) is 10.5. The average Bonchev–Trinajstić information content (AvgIpc) is 3.55. The largest absolute Gasteiger partial charge is 2.00 e. The number of pyridine rings is 1. The number of hydrogen-bond acceptors (Lipinski definition) is 5. The van der Waals surface area contributed by atoms with E-state index in [1.165, 1.54) is 18.5 Å². The van der Waals surface area contributed by atoms with Crippen molar-refractivity contribution in [2.45, 2.75) is 27.7 Å². The van der Waals surface area contributed by atoms with Crippen molar-refractivity contribution in [1.82, 2.24) is 14.8 Å². The van der Waals surface area contributed by atoms with Crippen molar-refractivity contribution >= 4 is 17.1 Å². The molecule has 46 heavy (non-hydrogen) atoms. The van der Waals surface area contributed by atoms with Crippen LogP contribution in [-0.2, 0) is 20.4 Å². The Hall–Kier alpha value is -4.91. The first-order valence-corrected chi connectivity index (χ1v) is 14.1. The van der Waals surface area contributed by atoms with E-state index in [0.29, 0.717) is 5.69 Å². The van der Waals surface area contributed by atoms with Gasteiger partial charge in [-0.15, -0.1) is 18.2 Å². The molecule has 6 aromatic rings. The maximum Gasteiger partial charge on any atom is 2.00 e. The minimum absolute atomic E-state index is 0. The van der Waals surface area contributed by atoms with Gasteiger partial charge >= 0.3 is 20.4 Å². The molecule has 0 unspecified atom stereocenters. The number of halogens is 3. The van der Waals surface area contributed by atoms with E-state index < -0.39 is 28.9 Å². The summed E-state index contributed by atoms with van der Waals surface area (Å²) in [7, 11) is 0. The molecule has 0 aliphatic rings. The first-order valence-electron chi connectivity index (χ1n) is 14.1. The molecule has 0 aliphatic heterocycles. The molecular weight excluding hydrogens is 684 g/mol.